The van der Waals surface area contributed by atoms with Crippen molar-refractivity contribution in [3.8, 4) is 5.75 Å². The number of nitrogens with zero attached hydrogens (tertiary/aromatic N) is 2. The summed E-state index contributed by atoms with van der Waals surface area (Å²) in [5.74, 6) is -3.37. The van der Waals surface area contributed by atoms with Crippen LogP contribution in [0, 0.1) is 24.5 Å². The lowest BCUT2D eigenvalue weighted by molar-refractivity contribution is -0.132. The number of aryl methyl sites for hydroxylation is 1. The maximum absolute atomic E-state index is 14.7. The second-order valence-electron chi connectivity index (χ2n) is 8.70. The number of halogens is 2. The van der Waals surface area contributed by atoms with E-state index in [4.69, 9.17) is 4.74 Å². The van der Waals surface area contributed by atoms with Gasteiger partial charge in [0.1, 0.15) is 29.2 Å². The van der Waals surface area contributed by atoms with Gasteiger partial charge < -0.3 is 9.84 Å². The third-order valence-electron chi connectivity index (χ3n) is 5.60. The summed E-state index contributed by atoms with van der Waals surface area (Å²) in [6.07, 6.45) is 1.46. The van der Waals surface area contributed by atoms with E-state index in [1.54, 1.807) is 43.3 Å². The summed E-state index contributed by atoms with van der Waals surface area (Å²) in [5, 5.41) is 11.2. The number of Topliss-reactive ketones (excluding diaryl/α,β-unsaturated/α-hetero) is 1. The largest absolute Gasteiger partial charge is 0.507 e. The second kappa shape index (κ2) is 9.66. The molecule has 1 aliphatic heterocycles. The minimum absolute atomic E-state index is 0.241. The molecule has 1 aromatic heterocycles. The predicted octanol–water partition coefficient (Wildman–Crippen LogP) is 5.33. The molecule has 1 atom stereocenters. The molecule has 1 amide bonds. The van der Waals surface area contributed by atoms with Crippen molar-refractivity contribution < 1.29 is 28.2 Å². The molecule has 0 spiro atoms. The van der Waals surface area contributed by atoms with Crippen LogP contribution in [0.5, 0.6) is 5.75 Å². The number of aromatic nitrogens is 1. The molecular formula is C27H24F2N2O4. The summed E-state index contributed by atoms with van der Waals surface area (Å²) in [4.78, 5) is 31.3. The van der Waals surface area contributed by atoms with Gasteiger partial charge in [-0.05, 0) is 60.9 Å². The number of aliphatic hydroxyl groups excluding tert-OH is 1. The van der Waals surface area contributed by atoms with Gasteiger partial charge in [0.15, 0.2) is 0 Å². The van der Waals surface area contributed by atoms with E-state index in [0.717, 1.165) is 22.6 Å². The summed E-state index contributed by atoms with van der Waals surface area (Å²) < 4.78 is 34.0. The van der Waals surface area contributed by atoms with Gasteiger partial charge in [-0.3, -0.25) is 19.5 Å². The van der Waals surface area contributed by atoms with Gasteiger partial charge >= 0.3 is 0 Å². The molecule has 6 nitrogen and oxygen atoms in total. The molecule has 1 saturated heterocycles. The predicted molar refractivity (Wildman–Crippen MR) is 127 cm³/mol. The van der Waals surface area contributed by atoms with Gasteiger partial charge in [0.2, 0.25) is 0 Å². The van der Waals surface area contributed by atoms with Crippen LogP contribution in [0.15, 0.2) is 66.4 Å². The fourth-order valence-corrected chi connectivity index (χ4v) is 3.95. The molecule has 1 aliphatic rings. The third-order valence-corrected chi connectivity index (χ3v) is 5.60. The number of anilines is 1. The van der Waals surface area contributed by atoms with Crippen molar-refractivity contribution in [3.63, 3.8) is 0 Å². The van der Waals surface area contributed by atoms with Crippen LogP contribution in [0.1, 0.15) is 36.7 Å². The maximum Gasteiger partial charge on any atom is 0.300 e. The highest BCUT2D eigenvalue weighted by molar-refractivity contribution is 6.51. The number of benzene rings is 2. The molecule has 3 aromatic rings. The number of carbonyl (C=O) groups excluding carboxylic acids is 2. The van der Waals surface area contributed by atoms with Gasteiger partial charge in [-0.1, -0.05) is 19.9 Å². The Hall–Kier alpha value is -4.07. The Morgan fingerprint density at radius 1 is 1.11 bits per heavy atom. The number of hydrogen-bond acceptors (Lipinski definition) is 5. The number of aliphatic hydroxyl groups is 1. The molecule has 0 bridgehead atoms. The van der Waals surface area contributed by atoms with Crippen LogP contribution in [0.25, 0.3) is 5.76 Å². The highest BCUT2D eigenvalue weighted by Gasteiger charge is 2.48. The summed E-state index contributed by atoms with van der Waals surface area (Å²) in [7, 11) is 0. The zero-order valence-electron chi connectivity index (χ0n) is 19.5. The summed E-state index contributed by atoms with van der Waals surface area (Å²) in [6, 6.07) is 11.2. The average Bonchev–Trinajstić information content (AvgIpc) is 3.08. The smallest absolute Gasteiger partial charge is 0.300 e. The van der Waals surface area contributed by atoms with Crippen LogP contribution in [0.4, 0.5) is 14.5 Å². The molecule has 2 heterocycles. The lowest BCUT2D eigenvalue weighted by atomic mass is 9.97. The Balaban J connectivity index is 1.85. The number of amides is 1. The van der Waals surface area contributed by atoms with Crippen molar-refractivity contribution in [1.29, 1.82) is 0 Å². The molecule has 35 heavy (non-hydrogen) atoms. The SMILES string of the molecule is Cc1cc(/C(O)=C2\C(=O)C(=O)N(c3ccc(F)cc3F)C2c2ccccn2)ccc1OCC(C)C. The van der Waals surface area contributed by atoms with Gasteiger partial charge in [-0.2, -0.15) is 0 Å². The van der Waals surface area contributed by atoms with Gasteiger partial charge in [0.25, 0.3) is 11.7 Å². The molecule has 8 heteroatoms. The zero-order chi connectivity index (χ0) is 25.3. The lowest BCUT2D eigenvalue weighted by Gasteiger charge is -2.25. The van der Waals surface area contributed by atoms with E-state index < -0.39 is 35.1 Å². The van der Waals surface area contributed by atoms with E-state index in [1.807, 2.05) is 13.8 Å². The number of rotatable bonds is 6. The first kappa shape index (κ1) is 24.1. The number of ketones is 1. The number of carbonyl (C=O) groups is 2. The fourth-order valence-electron chi connectivity index (χ4n) is 3.95. The first-order valence-corrected chi connectivity index (χ1v) is 11.1. The quantitative estimate of drug-likeness (QED) is 0.294. The Bertz CT molecular complexity index is 1320. The number of ether oxygens (including phenoxy) is 1. The van der Waals surface area contributed by atoms with Crippen LogP contribution in [0.2, 0.25) is 0 Å². The van der Waals surface area contributed by atoms with E-state index in [2.05, 4.69) is 4.98 Å². The Morgan fingerprint density at radius 3 is 2.51 bits per heavy atom. The Labute approximate surface area is 201 Å². The van der Waals surface area contributed by atoms with Crippen molar-refractivity contribution in [3.05, 3.63) is 94.8 Å². The van der Waals surface area contributed by atoms with Crippen molar-refractivity contribution in [2.75, 3.05) is 11.5 Å². The van der Waals surface area contributed by atoms with Crippen molar-refractivity contribution in [2.24, 2.45) is 5.92 Å². The van der Waals surface area contributed by atoms with Gasteiger partial charge in [0.05, 0.1) is 23.6 Å². The molecule has 1 unspecified atom stereocenters. The van der Waals surface area contributed by atoms with Crippen LogP contribution < -0.4 is 9.64 Å². The first-order valence-electron chi connectivity index (χ1n) is 11.1. The standard InChI is InChI=1S/C27H24F2N2O4/c1-15(2)14-35-22-10-7-17(12-16(22)3)25(32)23-24(20-6-4-5-11-30-20)31(27(34)26(23)33)21-9-8-18(28)13-19(21)29/h4-13,15,24,32H,14H2,1-3H3/b25-23+. The minimum atomic E-state index is -1.21. The molecule has 180 valence electrons. The Kier molecular flexibility index (Phi) is 6.64. The summed E-state index contributed by atoms with van der Waals surface area (Å²) in [6.45, 7) is 6.36. The molecule has 0 saturated carbocycles. The van der Waals surface area contributed by atoms with E-state index in [9.17, 15) is 23.5 Å². The van der Waals surface area contributed by atoms with Crippen LogP contribution >= 0.6 is 0 Å². The van der Waals surface area contributed by atoms with E-state index in [-0.39, 0.29) is 22.5 Å². The van der Waals surface area contributed by atoms with Crippen LogP contribution in [-0.2, 0) is 9.59 Å². The normalized spacial score (nSPS) is 17.3. The molecule has 1 N–H and O–H groups in total. The van der Waals surface area contributed by atoms with Gasteiger partial charge in [0, 0.05) is 17.8 Å². The van der Waals surface area contributed by atoms with Crippen molar-refractivity contribution >= 4 is 23.1 Å². The lowest BCUT2D eigenvalue weighted by Crippen LogP contribution is -2.30. The average molecular weight is 478 g/mol. The highest BCUT2D eigenvalue weighted by Crippen LogP contribution is 2.42. The molecular weight excluding hydrogens is 454 g/mol. The maximum atomic E-state index is 14.7. The number of hydrogen-bond donors (Lipinski definition) is 1. The topological polar surface area (TPSA) is 79.7 Å². The van der Waals surface area contributed by atoms with Crippen LogP contribution in [-0.4, -0.2) is 28.4 Å². The van der Waals surface area contributed by atoms with E-state index in [0.29, 0.717) is 24.3 Å². The molecule has 0 radical (unpaired) electrons. The molecule has 4 rings (SSSR count). The molecule has 0 aliphatic carbocycles. The molecule has 1 fully saturated rings. The van der Waals surface area contributed by atoms with Gasteiger partial charge in [-0.25, -0.2) is 8.78 Å². The van der Waals surface area contributed by atoms with E-state index >= 15 is 0 Å². The van der Waals surface area contributed by atoms with Crippen LogP contribution in [0.3, 0.4) is 0 Å². The van der Waals surface area contributed by atoms with Crippen molar-refractivity contribution in [1.82, 2.24) is 4.98 Å². The monoisotopic (exact) mass is 478 g/mol. The van der Waals surface area contributed by atoms with E-state index in [1.165, 1.54) is 6.20 Å². The summed E-state index contributed by atoms with van der Waals surface area (Å²) >= 11 is 0. The number of pyridine rings is 1. The zero-order valence-corrected chi connectivity index (χ0v) is 19.5. The minimum Gasteiger partial charge on any atom is -0.507 e. The summed E-state index contributed by atoms with van der Waals surface area (Å²) in [5.41, 5.74) is 0.718. The first-order chi connectivity index (χ1) is 16.7. The Morgan fingerprint density at radius 2 is 1.89 bits per heavy atom. The second-order valence-corrected chi connectivity index (χ2v) is 8.70. The molecule has 2 aromatic carbocycles. The van der Waals surface area contributed by atoms with Gasteiger partial charge in [-0.15, -0.1) is 0 Å². The third kappa shape index (κ3) is 4.64. The fraction of sp³-hybridized carbons (Fsp3) is 0.222. The van der Waals surface area contributed by atoms with Crippen molar-refractivity contribution in [2.45, 2.75) is 26.8 Å². The highest BCUT2D eigenvalue weighted by atomic mass is 19.1.